The van der Waals surface area contributed by atoms with Crippen molar-refractivity contribution in [2.45, 2.75) is 18.4 Å². The molecule has 2 unspecified atom stereocenters. The first-order valence-corrected chi connectivity index (χ1v) is 7.20. The number of alkyl halides is 3. The Morgan fingerprint density at radius 3 is 2.46 bits per heavy atom. The third-order valence-corrected chi connectivity index (χ3v) is 3.52. The molecule has 2 aliphatic rings. The van der Waals surface area contributed by atoms with Crippen molar-refractivity contribution in [1.29, 1.82) is 0 Å². The van der Waals surface area contributed by atoms with Crippen molar-refractivity contribution in [2.75, 3.05) is 38.2 Å². The lowest BCUT2D eigenvalue weighted by Gasteiger charge is -2.42. The number of pyridine rings is 1. The largest absolute Gasteiger partial charge is 0.495 e. The van der Waals surface area contributed by atoms with Crippen LogP contribution in [0.15, 0.2) is 18.5 Å². The molecular formula is C14H18F3N3O4. The molecule has 24 heavy (non-hydrogen) atoms. The molecule has 0 radical (unpaired) electrons. The van der Waals surface area contributed by atoms with E-state index >= 15 is 0 Å². The third-order valence-electron chi connectivity index (χ3n) is 3.52. The fourth-order valence-corrected chi connectivity index (χ4v) is 2.46. The smallest absolute Gasteiger partial charge is 0.490 e. The third kappa shape index (κ3) is 4.96. The molecule has 3 heterocycles. The minimum Gasteiger partial charge on any atom is -0.495 e. The number of anilines is 1. The Morgan fingerprint density at radius 2 is 1.96 bits per heavy atom. The van der Waals surface area contributed by atoms with Crippen molar-refractivity contribution in [3.63, 3.8) is 0 Å². The summed E-state index contributed by atoms with van der Waals surface area (Å²) in [7, 11) is 1.67. The van der Waals surface area contributed by atoms with Crippen molar-refractivity contribution in [1.82, 2.24) is 10.3 Å². The Hall–Kier alpha value is -2.07. The van der Waals surface area contributed by atoms with E-state index in [1.807, 2.05) is 12.3 Å². The first-order valence-electron chi connectivity index (χ1n) is 7.20. The normalized spacial score (nSPS) is 23.1. The van der Waals surface area contributed by atoms with Gasteiger partial charge in [0.25, 0.3) is 0 Å². The van der Waals surface area contributed by atoms with Crippen molar-refractivity contribution in [3.05, 3.63) is 18.5 Å². The number of fused-ring (bicyclic) bond motifs is 2. The van der Waals surface area contributed by atoms with Crippen LogP contribution in [0.3, 0.4) is 0 Å². The number of ether oxygens (including phenoxy) is 2. The standard InChI is InChI=1S/C12H17N3O2.C2HF3O2/c1-16-10-2-9(3-13-4-10)15-7-11-5-14-6-12(8-15)17-11;3-2(4,5)1(6)7/h2-4,11-12,14H,5-8H2,1H3;(H,6,7). The molecule has 0 spiro atoms. The molecular weight excluding hydrogens is 331 g/mol. The number of rotatable bonds is 2. The zero-order chi connectivity index (χ0) is 17.7. The maximum atomic E-state index is 10.6. The summed E-state index contributed by atoms with van der Waals surface area (Å²) < 4.78 is 42.8. The maximum Gasteiger partial charge on any atom is 0.490 e. The van der Waals surface area contributed by atoms with Crippen molar-refractivity contribution < 1.29 is 32.5 Å². The van der Waals surface area contributed by atoms with E-state index in [9.17, 15) is 13.2 Å². The van der Waals surface area contributed by atoms with Crippen LogP contribution in [0.1, 0.15) is 0 Å². The van der Waals surface area contributed by atoms with Gasteiger partial charge in [-0.05, 0) is 0 Å². The summed E-state index contributed by atoms with van der Waals surface area (Å²) in [6, 6.07) is 2.03. The molecule has 1 aromatic heterocycles. The molecule has 0 saturated carbocycles. The fourth-order valence-electron chi connectivity index (χ4n) is 2.46. The molecule has 0 aromatic carbocycles. The van der Waals surface area contributed by atoms with E-state index in [0.29, 0.717) is 0 Å². The molecule has 2 saturated heterocycles. The van der Waals surface area contributed by atoms with Crippen LogP contribution in [0.4, 0.5) is 18.9 Å². The van der Waals surface area contributed by atoms with E-state index in [4.69, 9.17) is 19.4 Å². The van der Waals surface area contributed by atoms with E-state index in [2.05, 4.69) is 15.2 Å². The number of hydrogen-bond donors (Lipinski definition) is 2. The predicted molar refractivity (Wildman–Crippen MR) is 78.2 cm³/mol. The first-order chi connectivity index (χ1) is 11.3. The van der Waals surface area contributed by atoms with Crippen LogP contribution < -0.4 is 15.0 Å². The molecule has 2 atom stereocenters. The van der Waals surface area contributed by atoms with Gasteiger partial charge in [0.15, 0.2) is 0 Å². The Morgan fingerprint density at radius 1 is 1.38 bits per heavy atom. The van der Waals surface area contributed by atoms with Crippen molar-refractivity contribution in [3.8, 4) is 5.75 Å². The number of aromatic nitrogens is 1. The topological polar surface area (TPSA) is 83.9 Å². The Bertz CT molecular complexity index is 558. The molecule has 134 valence electrons. The second-order valence-corrected chi connectivity index (χ2v) is 5.33. The van der Waals surface area contributed by atoms with Crippen molar-refractivity contribution >= 4 is 11.7 Å². The monoisotopic (exact) mass is 349 g/mol. The van der Waals surface area contributed by atoms with E-state index < -0.39 is 12.1 Å². The number of nitrogens with zero attached hydrogens (tertiary/aromatic N) is 2. The molecule has 0 aliphatic carbocycles. The number of aliphatic carboxylic acids is 1. The Kier molecular flexibility index (Phi) is 5.84. The summed E-state index contributed by atoms with van der Waals surface area (Å²) in [5, 5.41) is 10.5. The number of nitrogens with one attached hydrogen (secondary N) is 1. The molecule has 1 aromatic rings. The van der Waals surface area contributed by atoms with E-state index in [1.165, 1.54) is 0 Å². The van der Waals surface area contributed by atoms with Gasteiger partial charge in [0.2, 0.25) is 0 Å². The number of halogens is 3. The minimum absolute atomic E-state index is 0.286. The van der Waals surface area contributed by atoms with Crippen molar-refractivity contribution in [2.24, 2.45) is 0 Å². The molecule has 10 heteroatoms. The van der Waals surface area contributed by atoms with Crippen LogP contribution >= 0.6 is 0 Å². The van der Waals surface area contributed by atoms with Gasteiger partial charge >= 0.3 is 12.1 Å². The zero-order valence-corrected chi connectivity index (χ0v) is 12.9. The number of carboxylic acid groups (broad SMARTS) is 1. The second kappa shape index (κ2) is 7.67. The lowest BCUT2D eigenvalue weighted by Crippen LogP contribution is -2.58. The number of carbonyl (C=O) groups is 1. The minimum atomic E-state index is -5.08. The summed E-state index contributed by atoms with van der Waals surface area (Å²) >= 11 is 0. The maximum absolute atomic E-state index is 10.6. The van der Waals surface area contributed by atoms with Crippen LogP contribution in [0.5, 0.6) is 5.75 Å². The Balaban J connectivity index is 0.000000256. The van der Waals surface area contributed by atoms with E-state index in [-0.39, 0.29) is 12.2 Å². The van der Waals surface area contributed by atoms with E-state index in [1.54, 1.807) is 13.3 Å². The molecule has 2 N–H and O–H groups in total. The molecule has 7 nitrogen and oxygen atoms in total. The lowest BCUT2D eigenvalue weighted by molar-refractivity contribution is -0.192. The van der Waals surface area contributed by atoms with Gasteiger partial charge in [-0.3, -0.25) is 4.98 Å². The first kappa shape index (κ1) is 18.3. The highest BCUT2D eigenvalue weighted by Crippen LogP contribution is 2.24. The second-order valence-electron chi connectivity index (χ2n) is 5.33. The van der Waals surface area contributed by atoms with Gasteiger partial charge < -0.3 is 24.8 Å². The van der Waals surface area contributed by atoms with Gasteiger partial charge in [-0.25, -0.2) is 4.79 Å². The summed E-state index contributed by atoms with van der Waals surface area (Å²) in [4.78, 5) is 15.4. The van der Waals surface area contributed by atoms with Gasteiger partial charge in [-0.2, -0.15) is 13.2 Å². The highest BCUT2D eigenvalue weighted by Gasteiger charge is 2.38. The van der Waals surface area contributed by atoms with Gasteiger partial charge in [0.05, 0.1) is 37.4 Å². The highest BCUT2D eigenvalue weighted by atomic mass is 19.4. The summed E-state index contributed by atoms with van der Waals surface area (Å²) in [6.45, 7) is 3.70. The average molecular weight is 349 g/mol. The van der Waals surface area contributed by atoms with Gasteiger partial charge in [0, 0.05) is 32.2 Å². The summed E-state index contributed by atoms with van der Waals surface area (Å²) in [5.74, 6) is -1.95. The Labute approximate surface area is 136 Å². The zero-order valence-electron chi connectivity index (χ0n) is 12.9. The van der Waals surface area contributed by atoms with Crippen LogP contribution in [0, 0.1) is 0 Å². The van der Waals surface area contributed by atoms with Crippen LogP contribution in [-0.2, 0) is 9.53 Å². The fraction of sp³-hybridized carbons (Fsp3) is 0.571. The van der Waals surface area contributed by atoms with E-state index in [0.717, 1.165) is 37.6 Å². The van der Waals surface area contributed by atoms with Crippen LogP contribution in [-0.4, -0.2) is 67.7 Å². The summed E-state index contributed by atoms with van der Waals surface area (Å²) in [5.41, 5.74) is 1.12. The average Bonchev–Trinajstić information content (AvgIpc) is 2.54. The molecule has 2 bridgehead atoms. The molecule has 2 aliphatic heterocycles. The predicted octanol–water partition coefficient (Wildman–Crippen LogP) is 0.900. The quantitative estimate of drug-likeness (QED) is 0.821. The van der Waals surface area contributed by atoms with Gasteiger partial charge in [-0.1, -0.05) is 0 Å². The molecule has 0 amide bonds. The van der Waals surface area contributed by atoms with Gasteiger partial charge in [0.1, 0.15) is 5.75 Å². The molecule has 3 rings (SSSR count). The number of morpholine rings is 2. The molecule has 2 fully saturated rings. The number of methoxy groups -OCH3 is 1. The van der Waals surface area contributed by atoms with Crippen LogP contribution in [0.25, 0.3) is 0 Å². The van der Waals surface area contributed by atoms with Crippen LogP contribution in [0.2, 0.25) is 0 Å². The highest BCUT2D eigenvalue weighted by molar-refractivity contribution is 5.73. The SMILES string of the molecule is COc1cncc(N2CC3CNCC(C2)O3)c1.O=C(O)C(F)(F)F. The lowest BCUT2D eigenvalue weighted by atomic mass is 10.1. The number of carboxylic acids is 1. The summed E-state index contributed by atoms with van der Waals surface area (Å²) in [6.07, 6.45) is -0.897. The number of hydrogen-bond acceptors (Lipinski definition) is 6. The van der Waals surface area contributed by atoms with Gasteiger partial charge in [-0.15, -0.1) is 0 Å².